The van der Waals surface area contributed by atoms with Crippen LogP contribution in [0.2, 0.25) is 50.2 Å². The van der Waals surface area contributed by atoms with Crippen molar-refractivity contribution in [2.45, 2.75) is 210 Å². The van der Waals surface area contributed by atoms with Gasteiger partial charge in [0.25, 0.3) is 0 Å². The Morgan fingerprint density at radius 3 is 0.966 bits per heavy atom. The van der Waals surface area contributed by atoms with E-state index in [1.165, 1.54) is 107 Å². The standard InChI is InChI=1S/C26H30Cl2N2O2.C22H24Cl2N2O5.C20H20Cl2N2O5.C17H18Cl2N2O2.C14H18INO.C12H13Cl2NO/c1-4-14-30(15-5-2)20-17-21(27)26(22(28)18-20)32-24-13-12-23(31-16-6-3)25(29-24)19-10-8-7-9-11-19;1-2-30-20(29)12-18(28)25-14-10-15(23)22(16(24)11-14)31-19-9-8-17(27)21(26-19)13-6-4-3-5-7-13;21-13-8-12(23-16(26)10-18(27)28)9-14(22)20(13)29-17-7-6-15(25)19(24-17)11-4-2-1-3-5-11;18-12-8-11(20)9-13(19)17(12)23-15-7-6-14(22)16(21-15)10-4-2-1-3-5-10;1-2-10-17-12-8-9-13(15)16-14(12)11-6-4-3-5-7-11;1-3-5-15(6-4-2)9-7-10(13)12(16)11(14)8-9/h4-6,12-13,17-19H,1-3,7-11,14-16H2;8-11,13,27H,2-7,12H2,1H3,(H,25,28);6-9,11,25H,1-5,10H2,(H,23,26)(H,27,28);6-10,22H,1-5,20H2;2,8-9,11H,1,3-7,10H2;3-4,7-8,16H,1-2,5-6H2. The molecule has 0 spiro atoms. The Balaban J connectivity index is 0.000000185. The number of phenolic OH excluding ortho intramolecular Hbond substituents is 1. The van der Waals surface area contributed by atoms with Gasteiger partial charge in [-0.25, -0.2) is 24.9 Å². The van der Waals surface area contributed by atoms with Crippen molar-refractivity contribution >= 4 is 191 Å². The minimum atomic E-state index is -1.24. The van der Waals surface area contributed by atoms with Crippen molar-refractivity contribution in [3.63, 3.8) is 0 Å². The normalized spacial score (nSPS) is 14.2. The second-order valence-electron chi connectivity index (χ2n) is 35.5. The summed E-state index contributed by atoms with van der Waals surface area (Å²) >= 11 is 64.5. The van der Waals surface area contributed by atoms with Gasteiger partial charge in [0.05, 0.1) is 85.3 Å². The number of nitrogens with one attached hydrogen (secondary N) is 2. The van der Waals surface area contributed by atoms with Gasteiger partial charge in [-0.1, -0.05) is 262 Å². The maximum atomic E-state index is 12.0. The molecule has 0 radical (unpaired) electrons. The van der Waals surface area contributed by atoms with E-state index in [2.05, 4.69) is 97.5 Å². The number of nitrogen functional groups attached to an aromatic ring is 1. The molecular weight excluding hydrogens is 2210 g/mol. The van der Waals surface area contributed by atoms with Crippen LogP contribution >= 0.6 is 139 Å². The highest BCUT2D eigenvalue weighted by Crippen LogP contribution is 2.49. The highest BCUT2D eigenvalue weighted by molar-refractivity contribution is 14.1. The van der Waals surface area contributed by atoms with Gasteiger partial charge in [0.2, 0.25) is 35.3 Å². The fourth-order valence-corrected chi connectivity index (χ4v) is 20.7. The van der Waals surface area contributed by atoms with Gasteiger partial charge in [0.1, 0.15) is 58.5 Å². The number of nitrogens with two attached hydrogens (primary N) is 1. The zero-order valence-electron chi connectivity index (χ0n) is 82.3. The number of carbonyl (C=O) groups is 4. The molecule has 5 fully saturated rings. The van der Waals surface area contributed by atoms with Crippen LogP contribution in [-0.4, -0.2) is 120 Å². The van der Waals surface area contributed by atoms with Crippen LogP contribution in [0.15, 0.2) is 197 Å². The molecular formula is C111H123Cl10IN10O16. The van der Waals surface area contributed by atoms with Crippen molar-refractivity contribution in [2.24, 2.45) is 0 Å². The van der Waals surface area contributed by atoms with Crippen LogP contribution in [0.5, 0.6) is 81.0 Å². The second kappa shape index (κ2) is 61.5. The molecule has 0 atom stereocenters. The van der Waals surface area contributed by atoms with Crippen molar-refractivity contribution < 1.29 is 77.9 Å². The highest BCUT2D eigenvalue weighted by Gasteiger charge is 2.30. The minimum absolute atomic E-state index is 0.0933. The van der Waals surface area contributed by atoms with Crippen LogP contribution < -0.4 is 54.6 Å². The molecule has 5 aliphatic carbocycles. The molecule has 2 amide bonds. The summed E-state index contributed by atoms with van der Waals surface area (Å²) < 4.78 is 40.8. The number of aromatic nitrogens is 5. The maximum absolute atomic E-state index is 12.0. The molecule has 37 heteroatoms. The summed E-state index contributed by atoms with van der Waals surface area (Å²) in [6.45, 7) is 27.9. The van der Waals surface area contributed by atoms with E-state index in [1.54, 1.807) is 85.8 Å². The van der Waals surface area contributed by atoms with E-state index in [1.807, 2.05) is 47.4 Å². The van der Waals surface area contributed by atoms with Gasteiger partial charge >= 0.3 is 11.9 Å². The molecule has 148 heavy (non-hydrogen) atoms. The number of halogens is 11. The first kappa shape index (κ1) is 119. The molecule has 790 valence electrons. The Labute approximate surface area is 928 Å². The average Bonchev–Trinajstić information content (AvgIpc) is 0.810. The SMILES string of the molecule is C=CCN(CC=C)c1cc(Cl)c(O)c(Cl)c1.C=CCOc1ccc(I)nc1C1CCCCC1.C=CCOc1ccc(Oc2c(Cl)cc(N(CC=C)CC=C)cc2Cl)nc1C1CCCCC1.CCOC(=O)CC(=O)Nc1cc(Cl)c(Oc2ccc(O)c(C3CCCCC3)n2)c(Cl)c1.Nc1cc(Cl)c(Oc2ccc(O)c(C3CCCCC3)n2)c(Cl)c1.O=C(O)CC(=O)Nc1cc(Cl)c(Oc2ccc(O)c(C3CCCCC3)n2)c(Cl)c1. The van der Waals surface area contributed by atoms with Crippen molar-refractivity contribution in [1.82, 2.24) is 24.9 Å². The summed E-state index contributed by atoms with van der Waals surface area (Å²) in [5.41, 5.74) is 12.4. The van der Waals surface area contributed by atoms with E-state index in [0.29, 0.717) is 123 Å². The third-order valence-electron chi connectivity index (χ3n) is 24.5. The molecule has 0 unspecified atom stereocenters. The summed E-state index contributed by atoms with van der Waals surface area (Å²) in [5, 5.41) is 56.1. The molecule has 0 saturated heterocycles. The van der Waals surface area contributed by atoms with Crippen LogP contribution in [0.4, 0.5) is 28.4 Å². The van der Waals surface area contributed by atoms with Gasteiger partial charge in [0.15, 0.2) is 28.7 Å². The first-order valence-corrected chi connectivity index (χ1v) is 53.8. The third-order valence-corrected chi connectivity index (χ3v) is 27.9. The van der Waals surface area contributed by atoms with Crippen LogP contribution in [-0.2, 0) is 23.9 Å². The number of hydrogen-bond acceptors (Lipinski definition) is 23. The Morgan fingerprint density at radius 2 is 0.655 bits per heavy atom. The number of esters is 1. The van der Waals surface area contributed by atoms with Gasteiger partial charge in [0, 0.05) is 108 Å². The summed E-state index contributed by atoms with van der Waals surface area (Å²) in [6, 6.07) is 33.0. The zero-order chi connectivity index (χ0) is 107. The van der Waals surface area contributed by atoms with E-state index < -0.39 is 36.6 Å². The number of carboxylic acids is 1. The number of rotatable bonds is 36. The first-order valence-electron chi connectivity index (χ1n) is 49.0. The van der Waals surface area contributed by atoms with E-state index in [0.717, 1.165) is 128 Å². The fourth-order valence-electron chi connectivity index (χ4n) is 17.6. The number of carbonyl (C=O) groups excluding carboxylic acids is 3. The van der Waals surface area contributed by atoms with Crippen molar-refractivity contribution in [3.05, 3.63) is 280 Å². The van der Waals surface area contributed by atoms with Crippen LogP contribution in [0.1, 0.15) is 238 Å². The molecule has 5 aromatic heterocycles. The highest BCUT2D eigenvalue weighted by atomic mass is 127. The van der Waals surface area contributed by atoms with Gasteiger partial charge in [-0.2, -0.15) is 0 Å². The van der Waals surface area contributed by atoms with Crippen LogP contribution in [0.25, 0.3) is 0 Å². The Hall–Kier alpha value is -10.8. The molecule has 15 rings (SSSR count). The topological polar surface area (TPSA) is 355 Å². The number of pyridine rings is 5. The monoisotopic (exact) mass is 2330 g/mol. The van der Waals surface area contributed by atoms with E-state index in [4.69, 9.17) is 165 Å². The molecule has 5 saturated carbocycles. The molecule has 5 aliphatic rings. The lowest BCUT2D eigenvalue weighted by molar-refractivity contribution is -0.145. The second-order valence-corrected chi connectivity index (χ2v) is 40.6. The molecule has 0 bridgehead atoms. The molecule has 10 aromatic rings. The van der Waals surface area contributed by atoms with E-state index in [-0.39, 0.29) is 106 Å². The minimum Gasteiger partial charge on any atom is -0.506 e. The molecule has 26 nitrogen and oxygen atoms in total. The number of amides is 2. The van der Waals surface area contributed by atoms with Crippen molar-refractivity contribution in [2.75, 3.05) is 72.2 Å². The largest absolute Gasteiger partial charge is 0.506 e. The number of nitrogens with zero attached hydrogens (tertiary/aromatic N) is 7. The van der Waals surface area contributed by atoms with E-state index in [9.17, 15) is 39.6 Å². The van der Waals surface area contributed by atoms with Gasteiger partial charge in [-0.05, 0) is 191 Å². The average molecular weight is 2330 g/mol. The molecule has 0 aliphatic heterocycles. The fraction of sp³-hybridized carbons (Fsp3) is 0.360. The summed E-state index contributed by atoms with van der Waals surface area (Å²) in [5.74, 6) is 2.94. The smallest absolute Gasteiger partial charge is 0.315 e. The third kappa shape index (κ3) is 36.8. The predicted molar refractivity (Wildman–Crippen MR) is 604 cm³/mol. The number of benzene rings is 5. The van der Waals surface area contributed by atoms with E-state index >= 15 is 0 Å². The summed E-state index contributed by atoms with van der Waals surface area (Å²) in [7, 11) is 0. The van der Waals surface area contributed by atoms with Gasteiger partial charge in [-0.15, -0.1) is 26.3 Å². The first-order chi connectivity index (χ1) is 71.2. The maximum Gasteiger partial charge on any atom is 0.315 e. The Morgan fingerprint density at radius 1 is 0.378 bits per heavy atom. The number of aliphatic carboxylic acids is 1. The van der Waals surface area contributed by atoms with Crippen molar-refractivity contribution in [1.29, 1.82) is 0 Å². The summed E-state index contributed by atoms with van der Waals surface area (Å²) in [4.78, 5) is 72.5. The quantitative estimate of drug-likeness (QED) is 0.00451. The lowest BCUT2D eigenvalue weighted by Gasteiger charge is -2.24. The lowest BCUT2D eigenvalue weighted by atomic mass is 9.86. The van der Waals surface area contributed by atoms with Gasteiger partial charge < -0.3 is 84.9 Å². The number of aromatic hydroxyl groups is 4. The number of hydrogen-bond donors (Lipinski definition) is 8. The zero-order valence-corrected chi connectivity index (χ0v) is 92.0. The Bertz CT molecular complexity index is 6080. The predicted octanol–water partition coefficient (Wildman–Crippen LogP) is 32.8. The molecule has 9 N–H and O–H groups in total. The Kier molecular flexibility index (Phi) is 49.5. The van der Waals surface area contributed by atoms with Crippen molar-refractivity contribution in [3.8, 4) is 81.0 Å². The van der Waals surface area contributed by atoms with Crippen LogP contribution in [0, 0.1) is 3.70 Å². The molecule has 5 aromatic carbocycles. The number of phenols is 1. The molecule has 5 heterocycles. The van der Waals surface area contributed by atoms with Gasteiger partial charge in [-0.3, -0.25) is 19.2 Å². The number of carboxylic acid groups (broad SMARTS) is 1. The lowest BCUT2D eigenvalue weighted by Crippen LogP contribution is -2.23. The summed E-state index contributed by atoms with van der Waals surface area (Å²) in [6.07, 6.45) is 38.3. The number of anilines is 5. The van der Waals surface area contributed by atoms with Crippen LogP contribution in [0.3, 0.4) is 0 Å². The number of ether oxygens (including phenoxy) is 7.